The third kappa shape index (κ3) is 5.06. The molecule has 0 amide bonds. The average Bonchev–Trinajstić information content (AvgIpc) is 2.87. The van der Waals surface area contributed by atoms with Gasteiger partial charge in [-0.1, -0.05) is 18.2 Å². The number of hydrogen-bond donors (Lipinski definition) is 3. The van der Waals surface area contributed by atoms with Gasteiger partial charge in [0.2, 0.25) is 0 Å². The molecule has 1 atom stereocenters. The first-order valence-electron chi connectivity index (χ1n) is 6.28. The molecule has 8 nitrogen and oxygen atoms in total. The third-order valence-electron chi connectivity index (χ3n) is 3.35. The van der Waals surface area contributed by atoms with Gasteiger partial charge in [-0.2, -0.15) is 0 Å². The van der Waals surface area contributed by atoms with E-state index >= 15 is 0 Å². The van der Waals surface area contributed by atoms with Crippen molar-refractivity contribution in [2.45, 2.75) is 18.4 Å². The minimum Gasteiger partial charge on any atom is -0.792 e. The molecule has 1 aromatic carbocycles. The molecule has 2 rings (SSSR count). The van der Waals surface area contributed by atoms with E-state index in [4.69, 9.17) is 5.11 Å². The fraction of sp³-hybridized carbons (Fsp3) is 0.214. The SMILES string of the molecule is O=C(O)/C(C[C@](O)(Cc1c[nH]c2ccccc12)C(=O)[O-])=N/[O-].[Na+].[Na+]. The second-order valence-corrected chi connectivity index (χ2v) is 4.88. The summed E-state index contributed by atoms with van der Waals surface area (Å²) in [6, 6.07) is 7.00. The molecule has 0 unspecified atom stereocenters. The van der Waals surface area contributed by atoms with Crippen LogP contribution in [0.5, 0.6) is 0 Å². The number of nitrogens with one attached hydrogen (secondary N) is 1. The normalized spacial score (nSPS) is 13.5. The molecule has 0 saturated heterocycles. The van der Waals surface area contributed by atoms with Gasteiger partial charge in [0, 0.05) is 29.9 Å². The van der Waals surface area contributed by atoms with Gasteiger partial charge in [-0.3, -0.25) is 0 Å². The van der Waals surface area contributed by atoms with Crippen molar-refractivity contribution in [1.82, 2.24) is 4.98 Å². The van der Waals surface area contributed by atoms with Crippen molar-refractivity contribution in [1.29, 1.82) is 0 Å². The number of nitrogens with zero attached hydrogens (tertiary/aromatic N) is 1. The first-order chi connectivity index (χ1) is 10.4. The zero-order chi connectivity index (χ0) is 16.3. The van der Waals surface area contributed by atoms with Crippen LogP contribution in [0.25, 0.3) is 10.9 Å². The van der Waals surface area contributed by atoms with Crippen molar-refractivity contribution in [2.24, 2.45) is 5.16 Å². The molecule has 10 heteroatoms. The Morgan fingerprint density at radius 2 is 1.88 bits per heavy atom. The van der Waals surface area contributed by atoms with Gasteiger partial charge >= 0.3 is 65.1 Å². The Bertz CT molecular complexity index is 761. The molecule has 1 aromatic heterocycles. The standard InChI is InChI=1S/C14H14N2O6.2Na/c17-12(18)11(16-22)6-14(21,13(19)20)5-8-7-15-10-4-2-1-3-9(8)10;;/h1-4,7,15,21-22H,5-6H2,(H,17,18)(H,19,20);;/q;2*+1/p-2/b16-11+;;/t14-;;/m1../s1. The summed E-state index contributed by atoms with van der Waals surface area (Å²) in [6.45, 7) is 0. The summed E-state index contributed by atoms with van der Waals surface area (Å²) < 4.78 is 0. The molecule has 2 aromatic rings. The van der Waals surface area contributed by atoms with Gasteiger partial charge in [0.15, 0.2) is 0 Å². The van der Waals surface area contributed by atoms with Crippen LogP contribution in [0.4, 0.5) is 0 Å². The monoisotopic (exact) mass is 350 g/mol. The first kappa shape index (κ1) is 23.1. The van der Waals surface area contributed by atoms with Crippen molar-refractivity contribution in [3.05, 3.63) is 41.2 Å². The number of aliphatic carboxylic acids is 2. The molecule has 3 N–H and O–H groups in total. The molecule has 0 radical (unpaired) electrons. The van der Waals surface area contributed by atoms with Crippen LogP contribution < -0.4 is 64.2 Å². The number of rotatable bonds is 6. The summed E-state index contributed by atoms with van der Waals surface area (Å²) in [6.07, 6.45) is 0.132. The Labute approximate surface area is 181 Å². The van der Waals surface area contributed by atoms with Crippen LogP contribution in [0.1, 0.15) is 12.0 Å². The molecular formula is C14H12N2Na2O6. The van der Waals surface area contributed by atoms with Gasteiger partial charge in [-0.25, -0.2) is 4.79 Å². The number of aromatic amines is 1. The fourth-order valence-electron chi connectivity index (χ4n) is 2.22. The topological polar surface area (TPSA) is 149 Å². The van der Waals surface area contributed by atoms with Gasteiger partial charge < -0.3 is 35.5 Å². The van der Waals surface area contributed by atoms with Crippen LogP contribution in [-0.4, -0.2) is 38.4 Å². The van der Waals surface area contributed by atoms with E-state index in [1.54, 1.807) is 24.3 Å². The summed E-state index contributed by atoms with van der Waals surface area (Å²) in [7, 11) is 0. The van der Waals surface area contributed by atoms with E-state index in [-0.39, 0.29) is 59.1 Å². The third-order valence-corrected chi connectivity index (χ3v) is 3.35. The van der Waals surface area contributed by atoms with E-state index in [2.05, 4.69) is 10.1 Å². The van der Waals surface area contributed by atoms with Gasteiger partial charge in [0.1, 0.15) is 11.3 Å². The summed E-state index contributed by atoms with van der Waals surface area (Å²) in [5.41, 5.74) is -2.34. The molecule has 0 aliphatic rings. The van der Waals surface area contributed by atoms with Gasteiger partial charge in [0.05, 0.1) is 5.97 Å². The number of carbonyl (C=O) groups is 2. The second kappa shape index (κ2) is 9.57. The predicted octanol–water partition coefficient (Wildman–Crippen LogP) is -6.39. The Balaban J connectivity index is 0.00000264. The number of H-pyrrole nitrogens is 1. The van der Waals surface area contributed by atoms with E-state index < -0.39 is 36.1 Å². The van der Waals surface area contributed by atoms with Crippen molar-refractivity contribution in [2.75, 3.05) is 0 Å². The largest absolute Gasteiger partial charge is 1.00 e. The number of carboxylic acid groups (broad SMARTS) is 2. The Kier molecular flexibility index (Phi) is 9.22. The van der Waals surface area contributed by atoms with E-state index in [1.807, 2.05) is 0 Å². The smallest absolute Gasteiger partial charge is 0.792 e. The Morgan fingerprint density at radius 1 is 1.25 bits per heavy atom. The van der Waals surface area contributed by atoms with Crippen LogP contribution in [0, 0.1) is 5.21 Å². The van der Waals surface area contributed by atoms with E-state index in [1.165, 1.54) is 6.20 Å². The number of aromatic nitrogens is 1. The second-order valence-electron chi connectivity index (χ2n) is 4.88. The maximum atomic E-state index is 11.2. The summed E-state index contributed by atoms with van der Waals surface area (Å²) >= 11 is 0. The zero-order valence-electron chi connectivity index (χ0n) is 13.3. The molecule has 1 heterocycles. The van der Waals surface area contributed by atoms with Gasteiger partial charge in [-0.15, -0.1) is 0 Å². The summed E-state index contributed by atoms with van der Waals surface area (Å²) in [4.78, 5) is 24.9. The molecule has 0 bridgehead atoms. The van der Waals surface area contributed by atoms with Crippen molar-refractivity contribution in [3.8, 4) is 0 Å². The minimum absolute atomic E-state index is 0. The van der Waals surface area contributed by atoms with Crippen LogP contribution in [-0.2, 0) is 16.0 Å². The van der Waals surface area contributed by atoms with Gasteiger partial charge in [-0.05, 0) is 11.6 Å². The van der Waals surface area contributed by atoms with E-state index in [0.29, 0.717) is 10.9 Å². The van der Waals surface area contributed by atoms with Crippen LogP contribution >= 0.6 is 0 Å². The number of carboxylic acids is 2. The van der Waals surface area contributed by atoms with Crippen LogP contribution in [0.3, 0.4) is 0 Å². The molecule has 0 fully saturated rings. The number of benzene rings is 1. The summed E-state index contributed by atoms with van der Waals surface area (Å²) in [5.74, 6) is -3.56. The molecule has 0 aliphatic carbocycles. The van der Waals surface area contributed by atoms with E-state index in [0.717, 1.165) is 5.52 Å². The van der Waals surface area contributed by atoms with Crippen LogP contribution in [0.2, 0.25) is 0 Å². The fourth-order valence-corrected chi connectivity index (χ4v) is 2.22. The van der Waals surface area contributed by atoms with Gasteiger partial charge in [0.25, 0.3) is 0 Å². The maximum Gasteiger partial charge on any atom is 1.00 e. The molecule has 0 spiro atoms. The first-order valence-corrected chi connectivity index (χ1v) is 6.28. The number of aliphatic hydroxyl groups is 1. The quantitative estimate of drug-likeness (QED) is 0.268. The average molecular weight is 350 g/mol. The van der Waals surface area contributed by atoms with E-state index in [9.17, 15) is 25.0 Å². The number of para-hydroxylation sites is 1. The Hall–Kier alpha value is -0.870. The number of carbonyl (C=O) groups excluding carboxylic acids is 1. The summed E-state index contributed by atoms with van der Waals surface area (Å²) in [5, 5.41) is 43.6. The van der Waals surface area contributed by atoms with Crippen molar-refractivity contribution >= 4 is 28.6 Å². The molecule has 0 aliphatic heterocycles. The van der Waals surface area contributed by atoms with Crippen molar-refractivity contribution in [3.63, 3.8) is 0 Å². The Morgan fingerprint density at radius 3 is 2.42 bits per heavy atom. The minimum atomic E-state index is -2.55. The zero-order valence-corrected chi connectivity index (χ0v) is 17.3. The van der Waals surface area contributed by atoms with Crippen LogP contribution in [0.15, 0.2) is 35.6 Å². The van der Waals surface area contributed by atoms with Crippen molar-refractivity contribution < 1.29 is 84.0 Å². The predicted molar refractivity (Wildman–Crippen MR) is 75.0 cm³/mol. The molecule has 0 saturated carbocycles. The maximum absolute atomic E-state index is 11.2. The number of fused-ring (bicyclic) bond motifs is 1. The molecular weight excluding hydrogens is 338 g/mol. The molecule has 116 valence electrons. The molecule has 24 heavy (non-hydrogen) atoms. The number of hydrogen-bond acceptors (Lipinski definition) is 6.